The molecule has 0 unspecified atom stereocenters. The molecule has 3 heterocycles. The first kappa shape index (κ1) is 17.0. The number of ether oxygens (including phenoxy) is 1. The second-order valence-electron chi connectivity index (χ2n) is 5.37. The molecule has 25 heavy (non-hydrogen) atoms. The fraction of sp³-hybridized carbons (Fsp3) is 0.375. The Morgan fingerprint density at radius 1 is 1.28 bits per heavy atom. The number of morpholine rings is 1. The SMILES string of the molecule is CNc1ccc(/C=N/NCc2ncc(F)c(N3CCOCC3)n2)nc1. The highest BCUT2D eigenvalue weighted by atomic mass is 19.1. The molecule has 1 fully saturated rings. The first-order valence-electron chi connectivity index (χ1n) is 8.00. The van der Waals surface area contributed by atoms with Gasteiger partial charge in [0, 0.05) is 20.1 Å². The van der Waals surface area contributed by atoms with Gasteiger partial charge in [0.2, 0.25) is 0 Å². The summed E-state index contributed by atoms with van der Waals surface area (Å²) in [6.07, 6.45) is 4.52. The van der Waals surface area contributed by atoms with Crippen LogP contribution in [0.3, 0.4) is 0 Å². The van der Waals surface area contributed by atoms with Gasteiger partial charge in [-0.2, -0.15) is 5.10 Å². The first-order valence-corrected chi connectivity index (χ1v) is 8.00. The topological polar surface area (TPSA) is 87.6 Å². The van der Waals surface area contributed by atoms with Crippen molar-refractivity contribution in [3.63, 3.8) is 0 Å². The van der Waals surface area contributed by atoms with E-state index in [9.17, 15) is 4.39 Å². The van der Waals surface area contributed by atoms with Crippen LogP contribution in [0.5, 0.6) is 0 Å². The van der Waals surface area contributed by atoms with E-state index in [1.165, 1.54) is 6.20 Å². The van der Waals surface area contributed by atoms with E-state index >= 15 is 0 Å². The van der Waals surface area contributed by atoms with Gasteiger partial charge >= 0.3 is 0 Å². The van der Waals surface area contributed by atoms with E-state index in [1.807, 2.05) is 24.1 Å². The second-order valence-corrected chi connectivity index (χ2v) is 5.37. The van der Waals surface area contributed by atoms with Crippen LogP contribution in [0.15, 0.2) is 29.6 Å². The highest BCUT2D eigenvalue weighted by Gasteiger charge is 2.17. The lowest BCUT2D eigenvalue weighted by Gasteiger charge is -2.28. The molecule has 1 aliphatic rings. The Balaban J connectivity index is 1.58. The summed E-state index contributed by atoms with van der Waals surface area (Å²) in [5, 5.41) is 7.09. The molecule has 0 aromatic carbocycles. The largest absolute Gasteiger partial charge is 0.387 e. The molecule has 0 spiro atoms. The van der Waals surface area contributed by atoms with Crippen LogP contribution < -0.4 is 15.6 Å². The minimum absolute atomic E-state index is 0.294. The normalized spacial score (nSPS) is 14.7. The van der Waals surface area contributed by atoms with Crippen molar-refractivity contribution in [3.8, 4) is 0 Å². The predicted molar refractivity (Wildman–Crippen MR) is 93.2 cm³/mol. The van der Waals surface area contributed by atoms with Gasteiger partial charge in [0.15, 0.2) is 17.5 Å². The van der Waals surface area contributed by atoms with Gasteiger partial charge in [-0.3, -0.25) is 4.98 Å². The molecule has 9 heteroatoms. The third-order valence-electron chi connectivity index (χ3n) is 3.69. The molecular formula is C16H20FN7O. The molecule has 1 saturated heterocycles. The van der Waals surface area contributed by atoms with Crippen LogP contribution in [0.1, 0.15) is 11.5 Å². The van der Waals surface area contributed by atoms with Crippen molar-refractivity contribution in [1.82, 2.24) is 20.4 Å². The smallest absolute Gasteiger partial charge is 0.183 e. The second kappa shape index (κ2) is 8.34. The van der Waals surface area contributed by atoms with Crippen LogP contribution in [0.2, 0.25) is 0 Å². The molecule has 2 aromatic heterocycles. The molecule has 0 atom stereocenters. The summed E-state index contributed by atoms with van der Waals surface area (Å²) < 4.78 is 19.2. The zero-order valence-electron chi connectivity index (χ0n) is 13.9. The van der Waals surface area contributed by atoms with E-state index in [1.54, 1.807) is 12.4 Å². The summed E-state index contributed by atoms with van der Waals surface area (Å²) >= 11 is 0. The predicted octanol–water partition coefficient (Wildman–Crippen LogP) is 1.01. The van der Waals surface area contributed by atoms with E-state index in [0.29, 0.717) is 44.5 Å². The number of hydrazone groups is 1. The molecule has 0 aliphatic carbocycles. The van der Waals surface area contributed by atoms with E-state index in [-0.39, 0.29) is 0 Å². The third kappa shape index (κ3) is 4.60. The van der Waals surface area contributed by atoms with E-state index in [0.717, 1.165) is 11.4 Å². The molecule has 132 valence electrons. The molecule has 0 saturated carbocycles. The average Bonchev–Trinajstić information content (AvgIpc) is 2.67. The van der Waals surface area contributed by atoms with Crippen LogP contribution in [0.4, 0.5) is 15.9 Å². The highest BCUT2D eigenvalue weighted by molar-refractivity contribution is 5.77. The van der Waals surface area contributed by atoms with Crippen molar-refractivity contribution in [1.29, 1.82) is 0 Å². The van der Waals surface area contributed by atoms with Gasteiger partial charge in [0.25, 0.3) is 0 Å². The maximum absolute atomic E-state index is 14.0. The van der Waals surface area contributed by atoms with Crippen molar-refractivity contribution in [2.45, 2.75) is 6.54 Å². The number of pyridine rings is 1. The number of hydrogen-bond donors (Lipinski definition) is 2. The van der Waals surface area contributed by atoms with Crippen LogP contribution in [0, 0.1) is 5.82 Å². The van der Waals surface area contributed by atoms with Crippen molar-refractivity contribution in [2.75, 3.05) is 43.6 Å². The zero-order valence-corrected chi connectivity index (χ0v) is 13.9. The van der Waals surface area contributed by atoms with Crippen molar-refractivity contribution in [3.05, 3.63) is 41.9 Å². The van der Waals surface area contributed by atoms with Crippen LogP contribution in [-0.2, 0) is 11.3 Å². The molecule has 0 bridgehead atoms. The van der Waals surface area contributed by atoms with E-state index in [4.69, 9.17) is 4.74 Å². The Kier molecular flexibility index (Phi) is 5.68. The Labute approximate surface area is 145 Å². The minimum Gasteiger partial charge on any atom is -0.387 e. The Morgan fingerprint density at radius 3 is 2.84 bits per heavy atom. The number of nitrogens with one attached hydrogen (secondary N) is 2. The zero-order chi connectivity index (χ0) is 17.5. The fourth-order valence-corrected chi connectivity index (χ4v) is 2.33. The van der Waals surface area contributed by atoms with Gasteiger partial charge < -0.3 is 20.4 Å². The van der Waals surface area contributed by atoms with Gasteiger partial charge in [0.1, 0.15) is 0 Å². The van der Waals surface area contributed by atoms with Crippen LogP contribution in [-0.4, -0.2) is 54.5 Å². The number of aromatic nitrogens is 3. The average molecular weight is 345 g/mol. The molecule has 2 N–H and O–H groups in total. The molecule has 3 rings (SSSR count). The molecule has 8 nitrogen and oxygen atoms in total. The van der Waals surface area contributed by atoms with Crippen LogP contribution >= 0.6 is 0 Å². The van der Waals surface area contributed by atoms with E-state index < -0.39 is 5.82 Å². The Bertz CT molecular complexity index is 717. The van der Waals surface area contributed by atoms with Crippen molar-refractivity contribution < 1.29 is 9.13 Å². The summed E-state index contributed by atoms with van der Waals surface area (Å²) in [5.74, 6) is 0.352. The quantitative estimate of drug-likeness (QED) is 0.597. The lowest BCUT2D eigenvalue weighted by molar-refractivity contribution is 0.122. The molecule has 2 aromatic rings. The van der Waals surface area contributed by atoms with Crippen molar-refractivity contribution in [2.24, 2.45) is 5.10 Å². The molecule has 0 amide bonds. The van der Waals surface area contributed by atoms with Gasteiger partial charge in [-0.25, -0.2) is 14.4 Å². The first-order chi connectivity index (χ1) is 12.3. The number of rotatable bonds is 6. The lowest BCUT2D eigenvalue weighted by Crippen LogP contribution is -2.37. The third-order valence-corrected chi connectivity index (χ3v) is 3.69. The molecule has 1 aliphatic heterocycles. The van der Waals surface area contributed by atoms with Gasteiger partial charge in [0.05, 0.1) is 49.7 Å². The maximum atomic E-state index is 14.0. The fourth-order valence-electron chi connectivity index (χ4n) is 2.33. The highest BCUT2D eigenvalue weighted by Crippen LogP contribution is 2.16. The lowest BCUT2D eigenvalue weighted by atomic mass is 10.3. The summed E-state index contributed by atoms with van der Waals surface area (Å²) in [4.78, 5) is 14.4. The number of halogens is 1. The van der Waals surface area contributed by atoms with Crippen LogP contribution in [0.25, 0.3) is 0 Å². The Hall–Kier alpha value is -2.81. The number of anilines is 2. The minimum atomic E-state index is -0.428. The van der Waals surface area contributed by atoms with Gasteiger partial charge in [-0.1, -0.05) is 0 Å². The number of hydrogen-bond acceptors (Lipinski definition) is 8. The standard InChI is InChI=1S/C16H20FN7O/c1-18-12-2-3-13(19-8-12)9-21-22-11-15-20-10-14(17)16(23-15)24-4-6-25-7-5-24/h2-3,8-10,18,22H,4-7,11H2,1H3/b21-9+. The van der Waals surface area contributed by atoms with Gasteiger partial charge in [-0.15, -0.1) is 0 Å². The van der Waals surface area contributed by atoms with Gasteiger partial charge in [-0.05, 0) is 12.1 Å². The Morgan fingerprint density at radius 2 is 2.12 bits per heavy atom. The molecule has 0 radical (unpaired) electrons. The van der Waals surface area contributed by atoms with Crippen molar-refractivity contribution >= 4 is 17.7 Å². The summed E-state index contributed by atoms with van der Waals surface area (Å²) in [7, 11) is 1.83. The summed E-state index contributed by atoms with van der Waals surface area (Å²) in [6, 6.07) is 3.76. The van der Waals surface area contributed by atoms with E-state index in [2.05, 4.69) is 30.8 Å². The summed E-state index contributed by atoms with van der Waals surface area (Å²) in [5.41, 5.74) is 4.51. The monoisotopic (exact) mass is 345 g/mol. The number of nitrogens with zero attached hydrogens (tertiary/aromatic N) is 5. The summed E-state index contributed by atoms with van der Waals surface area (Å²) in [6.45, 7) is 2.67. The maximum Gasteiger partial charge on any atom is 0.183 e. The molecular weight excluding hydrogens is 325 g/mol.